The lowest BCUT2D eigenvalue weighted by molar-refractivity contribution is -0.162. The van der Waals surface area contributed by atoms with Crippen molar-refractivity contribution in [1.82, 2.24) is 9.80 Å². The third-order valence-electron chi connectivity index (χ3n) is 8.12. The number of β-amino-alcohol motifs (C(OH)–C–C–N with tert-alkyl or cyclic N) is 1. The fourth-order valence-corrected chi connectivity index (χ4v) is 7.24. The summed E-state index contributed by atoms with van der Waals surface area (Å²) < 4.78 is 12.1. The molecule has 0 aromatic rings. The number of hydrogen-bond donors (Lipinski definition) is 1. The first-order valence-corrected chi connectivity index (χ1v) is 13.1. The highest BCUT2D eigenvalue weighted by molar-refractivity contribution is 5.98. The van der Waals surface area contributed by atoms with Gasteiger partial charge in [0, 0.05) is 18.6 Å². The molecule has 8 nitrogen and oxygen atoms in total. The molecule has 0 aliphatic carbocycles. The van der Waals surface area contributed by atoms with Gasteiger partial charge in [0.1, 0.15) is 24.2 Å². The van der Waals surface area contributed by atoms with Gasteiger partial charge in [0.2, 0.25) is 11.8 Å². The summed E-state index contributed by atoms with van der Waals surface area (Å²) >= 11 is 0. The predicted molar refractivity (Wildman–Crippen MR) is 137 cm³/mol. The lowest BCUT2D eigenvalue weighted by Crippen LogP contribution is -2.61. The molecule has 36 heavy (non-hydrogen) atoms. The van der Waals surface area contributed by atoms with Crippen LogP contribution in [-0.4, -0.2) is 81.8 Å². The van der Waals surface area contributed by atoms with Crippen LogP contribution < -0.4 is 0 Å². The van der Waals surface area contributed by atoms with E-state index in [0.717, 1.165) is 6.42 Å². The summed E-state index contributed by atoms with van der Waals surface area (Å²) in [6.07, 6.45) is 5.49. The van der Waals surface area contributed by atoms with Crippen LogP contribution in [0.3, 0.4) is 0 Å². The summed E-state index contributed by atoms with van der Waals surface area (Å²) in [5.41, 5.74) is -2.58. The zero-order valence-electron chi connectivity index (χ0n) is 22.8. The number of amides is 2. The Morgan fingerprint density at radius 1 is 1.22 bits per heavy atom. The topological polar surface area (TPSA) is 96.4 Å². The van der Waals surface area contributed by atoms with Crippen LogP contribution in [0.4, 0.5) is 0 Å². The fourth-order valence-electron chi connectivity index (χ4n) is 7.24. The first kappa shape index (κ1) is 28.4. The highest BCUT2D eigenvalue weighted by atomic mass is 16.6. The van der Waals surface area contributed by atoms with Crippen molar-refractivity contribution < 1.29 is 29.0 Å². The van der Waals surface area contributed by atoms with Crippen LogP contribution >= 0.6 is 0 Å². The van der Waals surface area contributed by atoms with Crippen molar-refractivity contribution in [2.24, 2.45) is 17.3 Å². The van der Waals surface area contributed by atoms with Gasteiger partial charge in [-0.1, -0.05) is 46.4 Å². The highest BCUT2D eigenvalue weighted by Crippen LogP contribution is 2.64. The van der Waals surface area contributed by atoms with Crippen molar-refractivity contribution in [1.29, 1.82) is 0 Å². The van der Waals surface area contributed by atoms with Gasteiger partial charge in [-0.05, 0) is 44.9 Å². The van der Waals surface area contributed by atoms with E-state index in [-0.39, 0.29) is 37.0 Å². The van der Waals surface area contributed by atoms with Gasteiger partial charge in [-0.15, -0.1) is 6.58 Å². The minimum absolute atomic E-state index is 0.00791. The molecular formula is C28H44N2O6. The minimum atomic E-state index is -1.14. The molecule has 3 heterocycles. The molecule has 0 aromatic heterocycles. The molecule has 202 valence electrons. The number of fused-ring (bicyclic) bond motifs is 1. The molecule has 0 aromatic carbocycles. The maximum atomic E-state index is 14.5. The number of ether oxygens (including phenoxy) is 2. The van der Waals surface area contributed by atoms with E-state index in [0.29, 0.717) is 25.8 Å². The summed E-state index contributed by atoms with van der Waals surface area (Å²) in [7, 11) is 0. The first-order chi connectivity index (χ1) is 16.7. The van der Waals surface area contributed by atoms with Gasteiger partial charge < -0.3 is 24.4 Å². The van der Waals surface area contributed by atoms with Crippen molar-refractivity contribution in [2.75, 3.05) is 26.3 Å². The van der Waals surface area contributed by atoms with Gasteiger partial charge in [-0.2, -0.15) is 0 Å². The van der Waals surface area contributed by atoms with Crippen molar-refractivity contribution in [2.45, 2.75) is 90.0 Å². The molecule has 3 fully saturated rings. The summed E-state index contributed by atoms with van der Waals surface area (Å²) in [5, 5.41) is 9.84. The van der Waals surface area contributed by atoms with E-state index in [1.165, 1.54) is 11.0 Å². The number of rotatable bonds is 11. The van der Waals surface area contributed by atoms with E-state index in [1.54, 1.807) is 11.0 Å². The maximum absolute atomic E-state index is 14.5. The average molecular weight is 505 g/mol. The lowest BCUT2D eigenvalue weighted by atomic mass is 9.65. The summed E-state index contributed by atoms with van der Waals surface area (Å²) in [6, 6.07) is -0.938. The Balaban J connectivity index is 2.10. The Labute approximate surface area is 215 Å². The molecular weight excluding hydrogens is 460 g/mol. The number of likely N-dealkylation sites (tertiary alicyclic amines) is 1. The van der Waals surface area contributed by atoms with Gasteiger partial charge in [-0.25, -0.2) is 0 Å². The number of carbonyl (C=O) groups excluding carboxylic acids is 3. The third-order valence-corrected chi connectivity index (χ3v) is 8.12. The van der Waals surface area contributed by atoms with Crippen molar-refractivity contribution in [3.63, 3.8) is 0 Å². The van der Waals surface area contributed by atoms with Crippen LogP contribution in [0.15, 0.2) is 25.3 Å². The quantitative estimate of drug-likeness (QED) is 0.343. The minimum Gasteiger partial charge on any atom is -0.461 e. The van der Waals surface area contributed by atoms with Crippen LogP contribution in [-0.2, 0) is 23.9 Å². The fraction of sp³-hybridized carbons (Fsp3) is 0.750. The Hall–Kier alpha value is -2.19. The van der Waals surface area contributed by atoms with Gasteiger partial charge in [0.15, 0.2) is 0 Å². The molecule has 5 atom stereocenters. The zero-order chi connectivity index (χ0) is 27.1. The molecule has 3 saturated heterocycles. The summed E-state index contributed by atoms with van der Waals surface area (Å²) in [5.74, 6) is -2.70. The van der Waals surface area contributed by atoms with Crippen molar-refractivity contribution >= 4 is 17.8 Å². The molecule has 3 aliphatic rings. The molecule has 2 unspecified atom stereocenters. The Kier molecular flexibility index (Phi) is 7.83. The van der Waals surface area contributed by atoms with Crippen LogP contribution in [0.1, 0.15) is 67.2 Å². The van der Waals surface area contributed by atoms with E-state index in [2.05, 4.69) is 33.9 Å². The number of aliphatic hydroxyl groups is 1. The molecule has 0 saturated carbocycles. The Morgan fingerprint density at radius 3 is 2.42 bits per heavy atom. The van der Waals surface area contributed by atoms with E-state index < -0.39 is 40.6 Å². The second-order valence-electron chi connectivity index (χ2n) is 12.3. The van der Waals surface area contributed by atoms with Gasteiger partial charge in [0.25, 0.3) is 0 Å². The van der Waals surface area contributed by atoms with E-state index in [9.17, 15) is 19.5 Å². The van der Waals surface area contributed by atoms with Gasteiger partial charge >= 0.3 is 5.97 Å². The molecule has 1 spiro atoms. The summed E-state index contributed by atoms with van der Waals surface area (Å²) in [6.45, 7) is 19.9. The maximum Gasteiger partial charge on any atom is 0.313 e. The van der Waals surface area contributed by atoms with Gasteiger partial charge in [0.05, 0.1) is 18.1 Å². The van der Waals surface area contributed by atoms with E-state index in [4.69, 9.17) is 9.47 Å². The largest absolute Gasteiger partial charge is 0.461 e. The first-order valence-electron chi connectivity index (χ1n) is 13.1. The van der Waals surface area contributed by atoms with E-state index >= 15 is 0 Å². The Bertz CT molecular complexity index is 908. The molecule has 8 heteroatoms. The Morgan fingerprint density at radius 2 is 1.89 bits per heavy atom. The molecule has 2 bridgehead atoms. The predicted octanol–water partition coefficient (Wildman–Crippen LogP) is 3.09. The standard InChI is InChI=1S/C28H44N2O6/c1-9-14-30(26(7,8)18-25(4,5)6)23(33)21-28-13-12-27(11-3,36-28)20(24(34)35-17-10-2)19(28)22(32)29(21)15-16-31/h9-10,19-21,31H,1-2,11-18H2,3-8H3/t19-,20-,21?,27+,28?/m0/s1. The normalized spacial score (nSPS) is 31.4. The molecule has 0 radical (unpaired) electrons. The van der Waals surface area contributed by atoms with Crippen LogP contribution in [0.2, 0.25) is 0 Å². The second-order valence-corrected chi connectivity index (χ2v) is 12.3. The molecule has 1 N–H and O–H groups in total. The lowest BCUT2D eigenvalue weighted by Gasteiger charge is -2.45. The number of hydrogen-bond acceptors (Lipinski definition) is 6. The summed E-state index contributed by atoms with van der Waals surface area (Å²) in [4.78, 5) is 44.8. The number of carbonyl (C=O) groups is 3. The number of nitrogens with zero attached hydrogens (tertiary/aromatic N) is 2. The number of esters is 1. The zero-order valence-corrected chi connectivity index (χ0v) is 22.8. The SMILES string of the molecule is C=CCOC(=O)[C@@H]1[C@H]2C(=O)N(CCO)C(C(=O)N(CC=C)C(C)(C)CC(C)(C)C)C23CC[C@@]1(CC)O3. The van der Waals surface area contributed by atoms with Crippen molar-refractivity contribution in [3.05, 3.63) is 25.3 Å². The monoisotopic (exact) mass is 504 g/mol. The van der Waals surface area contributed by atoms with Gasteiger partial charge in [-0.3, -0.25) is 14.4 Å². The van der Waals surface area contributed by atoms with Crippen LogP contribution in [0.5, 0.6) is 0 Å². The second kappa shape index (κ2) is 9.93. The molecule has 3 aliphatic heterocycles. The highest BCUT2D eigenvalue weighted by Gasteiger charge is 2.79. The molecule has 2 amide bonds. The van der Waals surface area contributed by atoms with Crippen LogP contribution in [0.25, 0.3) is 0 Å². The van der Waals surface area contributed by atoms with Crippen molar-refractivity contribution in [3.8, 4) is 0 Å². The van der Waals surface area contributed by atoms with Crippen LogP contribution in [0, 0.1) is 17.3 Å². The molecule has 3 rings (SSSR count). The number of aliphatic hydroxyl groups excluding tert-OH is 1. The smallest absolute Gasteiger partial charge is 0.313 e. The third kappa shape index (κ3) is 4.51. The van der Waals surface area contributed by atoms with E-state index in [1.807, 2.05) is 20.8 Å². The average Bonchev–Trinajstić information content (AvgIpc) is 3.38.